The molecule has 0 aliphatic heterocycles. The summed E-state index contributed by atoms with van der Waals surface area (Å²) in [5.74, 6) is 1.15. The van der Waals surface area contributed by atoms with E-state index in [4.69, 9.17) is 14.2 Å². The number of para-hydroxylation sites is 1. The van der Waals surface area contributed by atoms with Gasteiger partial charge < -0.3 is 14.2 Å². The molecular weight excluding hydrogens is 442 g/mol. The van der Waals surface area contributed by atoms with E-state index in [1.165, 1.54) is 0 Å². The molecule has 0 aliphatic rings. The van der Waals surface area contributed by atoms with E-state index in [1.54, 1.807) is 24.4 Å². The third kappa shape index (κ3) is 8.41. The smallest absolute Gasteiger partial charge is 0.305 e. The highest BCUT2D eigenvalue weighted by Gasteiger charge is 2.07. The van der Waals surface area contributed by atoms with Gasteiger partial charge in [-0.15, -0.1) is 0 Å². The van der Waals surface area contributed by atoms with Crippen LogP contribution in [0, 0.1) is 0 Å². The van der Waals surface area contributed by atoms with Crippen molar-refractivity contribution in [3.05, 3.63) is 95.8 Å². The van der Waals surface area contributed by atoms with Crippen molar-refractivity contribution in [2.75, 3.05) is 19.8 Å². The van der Waals surface area contributed by atoms with Crippen molar-refractivity contribution < 1.29 is 23.8 Å². The molecule has 0 amide bonds. The standard InChI is InChI=1S/C29H31NO5/c1-2-33-29(32)13-5-3-4-11-27(24-10-8-18-30-21-24)23-14-16-26(17-15-23)34-19-20-35-28-12-7-6-9-25(28)22-31/h6-12,14-18,21-22H,2-5,13,19-20H2,1H3/b27-11+. The van der Waals surface area contributed by atoms with Gasteiger partial charge in [-0.25, -0.2) is 0 Å². The molecule has 0 spiro atoms. The topological polar surface area (TPSA) is 74.7 Å². The molecule has 0 saturated heterocycles. The molecule has 3 rings (SSSR count). The second kappa shape index (κ2) is 14.4. The van der Waals surface area contributed by atoms with Gasteiger partial charge >= 0.3 is 5.97 Å². The zero-order chi connectivity index (χ0) is 24.7. The lowest BCUT2D eigenvalue weighted by Crippen LogP contribution is -2.09. The number of esters is 1. The number of benzene rings is 2. The van der Waals surface area contributed by atoms with Crippen LogP contribution in [0.3, 0.4) is 0 Å². The van der Waals surface area contributed by atoms with Crippen molar-refractivity contribution in [1.29, 1.82) is 0 Å². The van der Waals surface area contributed by atoms with Crippen LogP contribution in [-0.4, -0.2) is 37.1 Å². The lowest BCUT2D eigenvalue weighted by molar-refractivity contribution is -0.143. The average molecular weight is 474 g/mol. The monoisotopic (exact) mass is 473 g/mol. The van der Waals surface area contributed by atoms with Crippen LogP contribution in [0.15, 0.2) is 79.1 Å². The Labute approximate surface area is 206 Å². The Morgan fingerprint density at radius 3 is 2.46 bits per heavy atom. The number of hydrogen-bond donors (Lipinski definition) is 0. The highest BCUT2D eigenvalue weighted by molar-refractivity contribution is 5.80. The fraction of sp³-hybridized carbons (Fsp3) is 0.276. The number of carbonyl (C=O) groups excluding carboxylic acids is 2. The fourth-order valence-electron chi connectivity index (χ4n) is 3.57. The number of nitrogens with zero attached hydrogens (tertiary/aromatic N) is 1. The first kappa shape index (κ1) is 25.7. The summed E-state index contributed by atoms with van der Waals surface area (Å²) in [7, 11) is 0. The van der Waals surface area contributed by atoms with Crippen LogP contribution in [0.25, 0.3) is 5.57 Å². The minimum atomic E-state index is -0.141. The average Bonchev–Trinajstić information content (AvgIpc) is 2.90. The van der Waals surface area contributed by atoms with E-state index in [2.05, 4.69) is 11.1 Å². The second-order valence-electron chi connectivity index (χ2n) is 7.79. The van der Waals surface area contributed by atoms with Crippen molar-refractivity contribution in [2.45, 2.75) is 32.6 Å². The number of rotatable bonds is 14. The first-order chi connectivity index (χ1) is 17.2. The van der Waals surface area contributed by atoms with Crippen molar-refractivity contribution >= 4 is 17.8 Å². The normalized spacial score (nSPS) is 11.1. The lowest BCUT2D eigenvalue weighted by Gasteiger charge is -2.12. The van der Waals surface area contributed by atoms with Crippen LogP contribution in [0.1, 0.15) is 54.1 Å². The minimum absolute atomic E-state index is 0.141. The minimum Gasteiger partial charge on any atom is -0.490 e. The van der Waals surface area contributed by atoms with Crippen molar-refractivity contribution in [1.82, 2.24) is 4.98 Å². The summed E-state index contributed by atoms with van der Waals surface area (Å²) >= 11 is 0. The number of allylic oxidation sites excluding steroid dienone is 1. The fourth-order valence-corrected chi connectivity index (χ4v) is 3.57. The lowest BCUT2D eigenvalue weighted by atomic mass is 9.97. The molecular formula is C29H31NO5. The largest absolute Gasteiger partial charge is 0.490 e. The van der Waals surface area contributed by atoms with Gasteiger partial charge in [0.1, 0.15) is 24.7 Å². The first-order valence-corrected chi connectivity index (χ1v) is 11.9. The summed E-state index contributed by atoms with van der Waals surface area (Å²) in [5, 5.41) is 0. The zero-order valence-corrected chi connectivity index (χ0v) is 20.0. The van der Waals surface area contributed by atoms with Crippen LogP contribution in [-0.2, 0) is 9.53 Å². The summed E-state index contributed by atoms with van der Waals surface area (Å²) < 4.78 is 16.5. The van der Waals surface area contributed by atoms with E-state index in [1.807, 2.05) is 55.6 Å². The van der Waals surface area contributed by atoms with E-state index in [0.29, 0.717) is 37.6 Å². The van der Waals surface area contributed by atoms with E-state index in [9.17, 15) is 9.59 Å². The first-order valence-electron chi connectivity index (χ1n) is 11.9. The number of aromatic nitrogens is 1. The molecule has 0 N–H and O–H groups in total. The van der Waals surface area contributed by atoms with Gasteiger partial charge in [-0.05, 0) is 67.7 Å². The summed E-state index contributed by atoms with van der Waals surface area (Å²) in [5.41, 5.74) is 3.71. The molecule has 0 radical (unpaired) electrons. The van der Waals surface area contributed by atoms with Gasteiger partial charge in [-0.3, -0.25) is 14.6 Å². The molecule has 182 valence electrons. The van der Waals surface area contributed by atoms with E-state index in [-0.39, 0.29) is 5.97 Å². The maximum absolute atomic E-state index is 11.5. The van der Waals surface area contributed by atoms with E-state index < -0.39 is 0 Å². The van der Waals surface area contributed by atoms with Gasteiger partial charge in [0, 0.05) is 24.4 Å². The molecule has 2 aromatic carbocycles. The number of ether oxygens (including phenoxy) is 3. The SMILES string of the molecule is CCOC(=O)CCCC/C=C(\c1ccc(OCCOc2ccccc2C=O)cc1)c1cccnc1. The third-order valence-corrected chi connectivity index (χ3v) is 5.28. The Hall–Kier alpha value is -3.93. The number of pyridine rings is 1. The highest BCUT2D eigenvalue weighted by atomic mass is 16.5. The van der Waals surface area contributed by atoms with Crippen LogP contribution < -0.4 is 9.47 Å². The third-order valence-electron chi connectivity index (χ3n) is 5.28. The molecule has 0 atom stereocenters. The molecule has 35 heavy (non-hydrogen) atoms. The van der Waals surface area contributed by atoms with Crippen molar-refractivity contribution in [3.8, 4) is 11.5 Å². The molecule has 0 fully saturated rings. The van der Waals surface area contributed by atoms with Crippen LogP contribution in [0.5, 0.6) is 11.5 Å². The Kier molecular flexibility index (Phi) is 10.5. The molecule has 0 unspecified atom stereocenters. The molecule has 0 saturated carbocycles. The zero-order valence-electron chi connectivity index (χ0n) is 20.0. The second-order valence-corrected chi connectivity index (χ2v) is 7.79. The van der Waals surface area contributed by atoms with Crippen molar-refractivity contribution in [2.24, 2.45) is 0 Å². The van der Waals surface area contributed by atoms with Crippen LogP contribution in [0.4, 0.5) is 0 Å². The summed E-state index contributed by atoms with van der Waals surface area (Å²) in [6.07, 6.45) is 9.57. The van der Waals surface area contributed by atoms with E-state index in [0.717, 1.165) is 48.0 Å². The Balaban J connectivity index is 1.56. The number of unbranched alkanes of at least 4 members (excludes halogenated alkanes) is 2. The number of aldehydes is 1. The predicted molar refractivity (Wildman–Crippen MR) is 136 cm³/mol. The van der Waals surface area contributed by atoms with Gasteiger partial charge in [0.05, 0.1) is 12.2 Å². The van der Waals surface area contributed by atoms with E-state index >= 15 is 0 Å². The maximum Gasteiger partial charge on any atom is 0.305 e. The molecule has 0 aliphatic carbocycles. The van der Waals surface area contributed by atoms with Crippen LogP contribution in [0.2, 0.25) is 0 Å². The summed E-state index contributed by atoms with van der Waals surface area (Å²) in [4.78, 5) is 26.9. The Bertz CT molecular complexity index is 1090. The highest BCUT2D eigenvalue weighted by Crippen LogP contribution is 2.26. The van der Waals surface area contributed by atoms with Gasteiger partial charge in [-0.1, -0.05) is 36.4 Å². The van der Waals surface area contributed by atoms with Crippen molar-refractivity contribution in [3.63, 3.8) is 0 Å². The maximum atomic E-state index is 11.5. The van der Waals surface area contributed by atoms with Gasteiger partial charge in [-0.2, -0.15) is 0 Å². The molecule has 0 bridgehead atoms. The van der Waals surface area contributed by atoms with Gasteiger partial charge in [0.15, 0.2) is 6.29 Å². The van der Waals surface area contributed by atoms with Gasteiger partial charge in [0.2, 0.25) is 0 Å². The number of carbonyl (C=O) groups is 2. The molecule has 6 nitrogen and oxygen atoms in total. The Morgan fingerprint density at radius 2 is 1.71 bits per heavy atom. The Morgan fingerprint density at radius 1 is 0.914 bits per heavy atom. The molecule has 1 aromatic heterocycles. The van der Waals surface area contributed by atoms with Crippen LogP contribution >= 0.6 is 0 Å². The molecule has 6 heteroatoms. The quantitative estimate of drug-likeness (QED) is 0.165. The summed E-state index contributed by atoms with van der Waals surface area (Å²) in [6.45, 7) is 2.93. The number of hydrogen-bond acceptors (Lipinski definition) is 6. The predicted octanol–water partition coefficient (Wildman–Crippen LogP) is 5.91. The molecule has 1 heterocycles. The van der Waals surface area contributed by atoms with Gasteiger partial charge in [0.25, 0.3) is 0 Å². The molecule has 3 aromatic rings. The summed E-state index contributed by atoms with van der Waals surface area (Å²) in [6, 6.07) is 19.0.